The molecule has 0 heterocycles. The molecule has 1 nitrogen and oxygen atoms in total. The zero-order chi connectivity index (χ0) is 3.70. The Balaban J connectivity index is 2.21. The van der Waals surface area contributed by atoms with Gasteiger partial charge in [-0.1, -0.05) is 0 Å². The van der Waals surface area contributed by atoms with Crippen LogP contribution in [-0.2, 0) is 2.81 Å². The third kappa shape index (κ3) is 1.04. The van der Waals surface area contributed by atoms with E-state index in [1.54, 1.807) is 0 Å². The summed E-state index contributed by atoms with van der Waals surface area (Å²) in [4.78, 5) is 0. The fourth-order valence-electron chi connectivity index (χ4n) is 0.180. The third-order valence-electron chi connectivity index (χ3n) is 0.696. The van der Waals surface area contributed by atoms with Crippen LogP contribution in [0.25, 0.3) is 0 Å². The van der Waals surface area contributed by atoms with Gasteiger partial charge in [0.05, 0.1) is 0 Å². The van der Waals surface area contributed by atoms with Crippen LogP contribution in [0.3, 0.4) is 0 Å². The molecule has 0 saturated heterocycles. The molecule has 0 bridgehead atoms. The molecule has 1 aliphatic rings. The molecule has 0 amide bonds. The van der Waals surface area contributed by atoms with Gasteiger partial charge in [0.25, 0.3) is 0 Å². The van der Waals surface area contributed by atoms with Crippen molar-refractivity contribution in [2.45, 2.75) is 16.5 Å². The topological polar surface area (TPSA) is 17.1 Å². The van der Waals surface area contributed by atoms with E-state index < -0.39 is 23.2 Å². The van der Waals surface area contributed by atoms with Gasteiger partial charge in [0, 0.05) is 0 Å². The third-order valence-corrected chi connectivity index (χ3v) is 3.86. The molecule has 0 aromatic heterocycles. The Morgan fingerprint density at radius 3 is 2.20 bits per heavy atom. The van der Waals surface area contributed by atoms with Crippen molar-refractivity contribution in [3.63, 3.8) is 0 Å². The molecule has 0 aliphatic heterocycles. The van der Waals surface area contributed by atoms with Crippen molar-refractivity contribution in [2.75, 3.05) is 0 Å². The molecule has 2 heteroatoms. The molecule has 5 heavy (non-hydrogen) atoms. The van der Waals surface area contributed by atoms with Gasteiger partial charge in [-0.3, -0.25) is 0 Å². The van der Waals surface area contributed by atoms with E-state index in [1.807, 2.05) is 0 Å². The quantitative estimate of drug-likeness (QED) is 0.636. The molecular formula is C3H5BiO. The minimum absolute atomic E-state index is 0.759. The van der Waals surface area contributed by atoms with Crippen molar-refractivity contribution in [3.05, 3.63) is 0 Å². The van der Waals surface area contributed by atoms with E-state index in [0.29, 0.717) is 0 Å². The maximum atomic E-state index is 9.87. The summed E-state index contributed by atoms with van der Waals surface area (Å²) >= 11 is -1.08. The molecule has 1 aliphatic carbocycles. The Morgan fingerprint density at radius 1 is 1.60 bits per heavy atom. The summed E-state index contributed by atoms with van der Waals surface area (Å²) in [6.07, 6.45) is 2.56. The number of hydrogen-bond acceptors (Lipinski definition) is 1. The molecule has 0 atom stereocenters. The van der Waals surface area contributed by atoms with Crippen molar-refractivity contribution >= 4 is 23.2 Å². The Morgan fingerprint density at radius 2 is 2.20 bits per heavy atom. The minimum atomic E-state index is -1.08. The molecule has 0 aromatic rings. The average molecular weight is 266 g/mol. The molecule has 1 saturated carbocycles. The van der Waals surface area contributed by atoms with E-state index in [1.165, 1.54) is 12.8 Å². The van der Waals surface area contributed by atoms with Gasteiger partial charge in [0.2, 0.25) is 0 Å². The van der Waals surface area contributed by atoms with E-state index in [2.05, 4.69) is 0 Å². The van der Waals surface area contributed by atoms with Crippen molar-refractivity contribution in [3.8, 4) is 0 Å². The van der Waals surface area contributed by atoms with Gasteiger partial charge >= 0.3 is 42.5 Å². The van der Waals surface area contributed by atoms with Gasteiger partial charge in [-0.2, -0.15) is 0 Å². The van der Waals surface area contributed by atoms with E-state index in [-0.39, 0.29) is 0 Å². The van der Waals surface area contributed by atoms with Gasteiger partial charge in [0.1, 0.15) is 0 Å². The van der Waals surface area contributed by atoms with Gasteiger partial charge < -0.3 is 0 Å². The van der Waals surface area contributed by atoms with Crippen LogP contribution >= 0.6 is 0 Å². The second kappa shape index (κ2) is 1.42. The van der Waals surface area contributed by atoms with Crippen LogP contribution < -0.4 is 0 Å². The number of rotatable bonds is 1. The van der Waals surface area contributed by atoms with Crippen LogP contribution in [0.2, 0.25) is 3.63 Å². The zero-order valence-electron chi connectivity index (χ0n) is 2.85. The summed E-state index contributed by atoms with van der Waals surface area (Å²) in [5.41, 5.74) is 0. The molecule has 1 fully saturated rings. The first-order valence-electron chi connectivity index (χ1n) is 1.76. The van der Waals surface area contributed by atoms with Crippen molar-refractivity contribution in [1.29, 1.82) is 0 Å². The first-order chi connectivity index (χ1) is 2.43. The predicted octanol–water partition coefficient (Wildman–Crippen LogP) is 0.618. The number of hydrogen-bond donors (Lipinski definition) is 0. The summed E-state index contributed by atoms with van der Waals surface area (Å²) in [5.74, 6) is 0. The monoisotopic (exact) mass is 266 g/mol. The normalized spacial score (nSPS) is 22.4. The van der Waals surface area contributed by atoms with E-state index in [0.717, 1.165) is 3.63 Å². The van der Waals surface area contributed by atoms with E-state index in [4.69, 9.17) is 0 Å². The fraction of sp³-hybridized carbons (Fsp3) is 1.00. The maximum absolute atomic E-state index is 9.87. The van der Waals surface area contributed by atoms with Gasteiger partial charge in [-0.15, -0.1) is 0 Å². The molecule has 0 N–H and O–H groups in total. The second-order valence-corrected chi connectivity index (χ2v) is 5.00. The fourth-order valence-corrected chi connectivity index (χ4v) is 1.58. The van der Waals surface area contributed by atoms with Crippen LogP contribution in [0.5, 0.6) is 0 Å². The summed E-state index contributed by atoms with van der Waals surface area (Å²) in [7, 11) is 0. The van der Waals surface area contributed by atoms with Crippen molar-refractivity contribution < 1.29 is 2.81 Å². The van der Waals surface area contributed by atoms with E-state index in [9.17, 15) is 2.81 Å². The first-order valence-corrected chi connectivity index (χ1v) is 5.18. The Bertz CT molecular complexity index is 48.9. The standard InChI is InChI=1S/C3H5.Bi.O/c1-2-3-1;;/h1H,2-3H2;;. The van der Waals surface area contributed by atoms with Crippen LogP contribution in [0, 0.1) is 0 Å². The Hall–Kier alpha value is 0.683. The zero-order valence-corrected chi connectivity index (χ0v) is 6.32. The summed E-state index contributed by atoms with van der Waals surface area (Å²) in [6.45, 7) is 0. The molecule has 0 spiro atoms. The Labute approximate surface area is 42.8 Å². The second-order valence-electron chi connectivity index (χ2n) is 1.34. The van der Waals surface area contributed by atoms with Gasteiger partial charge in [-0.05, 0) is 0 Å². The summed E-state index contributed by atoms with van der Waals surface area (Å²) < 4.78 is 10.6. The van der Waals surface area contributed by atoms with Crippen LogP contribution in [-0.4, -0.2) is 23.2 Å². The predicted molar refractivity (Wildman–Crippen MR) is 19.4 cm³/mol. The van der Waals surface area contributed by atoms with Crippen LogP contribution in [0.15, 0.2) is 0 Å². The molecule has 0 unspecified atom stereocenters. The van der Waals surface area contributed by atoms with Crippen LogP contribution in [0.4, 0.5) is 0 Å². The molecule has 0 aromatic carbocycles. The summed E-state index contributed by atoms with van der Waals surface area (Å²) in [5, 5.41) is 0. The van der Waals surface area contributed by atoms with Crippen LogP contribution in [0.1, 0.15) is 12.8 Å². The molecule has 0 radical (unpaired) electrons. The molecular weight excluding hydrogens is 261 g/mol. The SMILES string of the molecule is [O]=[Bi][CH]1CC1. The van der Waals surface area contributed by atoms with E-state index >= 15 is 0 Å². The van der Waals surface area contributed by atoms with Gasteiger partial charge in [0.15, 0.2) is 0 Å². The van der Waals surface area contributed by atoms with Gasteiger partial charge in [-0.25, -0.2) is 0 Å². The average Bonchev–Trinajstić information content (AvgIpc) is 2.12. The molecule has 1 rings (SSSR count). The summed E-state index contributed by atoms with van der Waals surface area (Å²) in [6, 6.07) is 0. The molecule has 28 valence electrons. The first kappa shape index (κ1) is 3.86. The van der Waals surface area contributed by atoms with Crippen molar-refractivity contribution in [2.24, 2.45) is 0 Å². The Kier molecular flexibility index (Phi) is 1.10. The van der Waals surface area contributed by atoms with Crippen molar-refractivity contribution in [1.82, 2.24) is 0 Å².